The first-order chi connectivity index (χ1) is 7.76. The fourth-order valence-corrected chi connectivity index (χ4v) is 1.55. The van der Waals surface area contributed by atoms with Crippen molar-refractivity contribution in [1.29, 1.82) is 0 Å². The summed E-state index contributed by atoms with van der Waals surface area (Å²) in [7, 11) is 0. The Morgan fingerprint density at radius 3 is 2.29 bits per heavy atom. The lowest BCUT2D eigenvalue weighted by molar-refractivity contribution is -0.137. The Bertz CT molecular complexity index is 374. The van der Waals surface area contributed by atoms with Gasteiger partial charge in [0.2, 0.25) is 0 Å². The third kappa shape index (κ3) is 3.93. The van der Waals surface area contributed by atoms with Gasteiger partial charge in [-0.2, -0.15) is 13.2 Å². The molecule has 1 aromatic rings. The number of rotatable bonds is 4. The van der Waals surface area contributed by atoms with Crippen molar-refractivity contribution in [3.8, 4) is 0 Å². The molecule has 5 heteroatoms. The van der Waals surface area contributed by atoms with Gasteiger partial charge in [-0.05, 0) is 32.4 Å². The van der Waals surface area contributed by atoms with E-state index in [1.165, 1.54) is 12.1 Å². The number of alkyl halides is 3. The van der Waals surface area contributed by atoms with E-state index < -0.39 is 17.3 Å². The first-order valence-corrected chi connectivity index (χ1v) is 5.31. The molecule has 0 bridgehead atoms. The van der Waals surface area contributed by atoms with E-state index in [0.717, 1.165) is 6.07 Å². The van der Waals surface area contributed by atoms with E-state index in [-0.39, 0.29) is 12.3 Å². The first-order valence-electron chi connectivity index (χ1n) is 5.31. The normalized spacial score (nSPS) is 12.6. The molecule has 0 aliphatic heterocycles. The van der Waals surface area contributed by atoms with E-state index in [9.17, 15) is 13.2 Å². The van der Waals surface area contributed by atoms with Gasteiger partial charge in [0.15, 0.2) is 0 Å². The van der Waals surface area contributed by atoms with Gasteiger partial charge in [-0.1, -0.05) is 12.1 Å². The second kappa shape index (κ2) is 4.96. The molecule has 0 radical (unpaired) electrons. The monoisotopic (exact) mass is 247 g/mol. The fraction of sp³-hybridized carbons (Fsp3) is 0.500. The lowest BCUT2D eigenvalue weighted by atomic mass is 10.00. The molecule has 2 nitrogen and oxygen atoms in total. The Morgan fingerprint density at radius 2 is 1.76 bits per heavy atom. The molecule has 0 aliphatic rings. The zero-order valence-electron chi connectivity index (χ0n) is 9.80. The van der Waals surface area contributed by atoms with Crippen LogP contribution in [-0.2, 0) is 6.18 Å². The number of aliphatic hydroxyl groups excluding tert-OH is 1. The summed E-state index contributed by atoms with van der Waals surface area (Å²) in [5.41, 5.74) is -1.24. The summed E-state index contributed by atoms with van der Waals surface area (Å²) in [5.74, 6) is 0. The van der Waals surface area contributed by atoms with Crippen LogP contribution >= 0.6 is 0 Å². The highest BCUT2D eigenvalue weighted by Crippen LogP contribution is 2.35. The van der Waals surface area contributed by atoms with Gasteiger partial charge in [0.1, 0.15) is 0 Å². The topological polar surface area (TPSA) is 32.3 Å². The summed E-state index contributed by atoms with van der Waals surface area (Å²) in [6, 6.07) is 5.33. The van der Waals surface area contributed by atoms with Crippen molar-refractivity contribution in [3.63, 3.8) is 0 Å². The SMILES string of the molecule is CC(C)(CCO)Nc1ccccc1C(F)(F)F. The summed E-state index contributed by atoms with van der Waals surface area (Å²) in [6.45, 7) is 3.42. The quantitative estimate of drug-likeness (QED) is 0.855. The number of aliphatic hydroxyl groups is 1. The van der Waals surface area contributed by atoms with Gasteiger partial charge in [-0.25, -0.2) is 0 Å². The summed E-state index contributed by atoms with van der Waals surface area (Å²) in [6.07, 6.45) is -4.00. The zero-order chi connectivity index (χ0) is 13.1. The Labute approximate surface area is 98.5 Å². The van der Waals surface area contributed by atoms with Crippen LogP contribution in [0.3, 0.4) is 0 Å². The molecule has 0 saturated heterocycles. The standard InChI is InChI=1S/C12H16F3NO/c1-11(2,7-8-17)16-10-6-4-3-5-9(10)12(13,14)15/h3-6,16-17H,7-8H2,1-2H3. The van der Waals surface area contributed by atoms with E-state index in [1.54, 1.807) is 19.9 Å². The number of anilines is 1. The zero-order valence-corrected chi connectivity index (χ0v) is 9.80. The lowest BCUT2D eigenvalue weighted by Crippen LogP contribution is -2.32. The molecule has 0 atom stereocenters. The Balaban J connectivity index is 2.99. The Kier molecular flexibility index (Phi) is 4.03. The Hall–Kier alpha value is -1.23. The van der Waals surface area contributed by atoms with Crippen LogP contribution in [0.5, 0.6) is 0 Å². The van der Waals surface area contributed by atoms with Gasteiger partial charge in [-0.15, -0.1) is 0 Å². The molecule has 0 aromatic heterocycles. The number of benzene rings is 1. The largest absolute Gasteiger partial charge is 0.418 e. The molecule has 1 rings (SSSR count). The van der Waals surface area contributed by atoms with Gasteiger partial charge in [0.05, 0.1) is 5.56 Å². The van der Waals surface area contributed by atoms with Crippen LogP contribution in [0, 0.1) is 0 Å². The number of para-hydroxylation sites is 1. The van der Waals surface area contributed by atoms with E-state index in [0.29, 0.717) is 6.42 Å². The highest BCUT2D eigenvalue weighted by Gasteiger charge is 2.34. The summed E-state index contributed by atoms with van der Waals surface area (Å²) >= 11 is 0. The minimum Gasteiger partial charge on any atom is -0.396 e. The molecule has 0 saturated carbocycles. The summed E-state index contributed by atoms with van der Waals surface area (Å²) in [4.78, 5) is 0. The van der Waals surface area contributed by atoms with Crippen molar-refractivity contribution in [1.82, 2.24) is 0 Å². The average molecular weight is 247 g/mol. The molecular formula is C12H16F3NO. The predicted octanol–water partition coefficient (Wildman–Crippen LogP) is 3.28. The molecule has 0 spiro atoms. The molecule has 0 unspecified atom stereocenters. The van der Waals surface area contributed by atoms with E-state index in [1.807, 2.05) is 0 Å². The molecule has 0 amide bonds. The Morgan fingerprint density at radius 1 is 1.18 bits per heavy atom. The van der Waals surface area contributed by atoms with Crippen molar-refractivity contribution < 1.29 is 18.3 Å². The van der Waals surface area contributed by atoms with E-state index in [2.05, 4.69) is 5.32 Å². The molecule has 0 aliphatic carbocycles. The minimum absolute atomic E-state index is 0.0402. The van der Waals surface area contributed by atoms with Crippen LogP contribution in [0.1, 0.15) is 25.8 Å². The predicted molar refractivity (Wildman–Crippen MR) is 60.8 cm³/mol. The summed E-state index contributed by atoms with van der Waals surface area (Å²) < 4.78 is 38.2. The maximum Gasteiger partial charge on any atom is 0.418 e. The molecule has 1 aromatic carbocycles. The summed E-state index contributed by atoms with van der Waals surface area (Å²) in [5, 5.41) is 11.7. The van der Waals surface area contributed by atoms with Gasteiger partial charge >= 0.3 is 6.18 Å². The van der Waals surface area contributed by atoms with Gasteiger partial charge in [0, 0.05) is 17.8 Å². The van der Waals surface area contributed by atoms with Crippen LogP contribution in [0.25, 0.3) is 0 Å². The van der Waals surface area contributed by atoms with Gasteiger partial charge in [-0.3, -0.25) is 0 Å². The highest BCUT2D eigenvalue weighted by atomic mass is 19.4. The molecule has 0 heterocycles. The average Bonchev–Trinajstić information content (AvgIpc) is 2.15. The molecule has 2 N–H and O–H groups in total. The van der Waals surface area contributed by atoms with E-state index >= 15 is 0 Å². The number of hydrogen-bond acceptors (Lipinski definition) is 2. The second-order valence-electron chi connectivity index (χ2n) is 4.53. The van der Waals surface area contributed by atoms with Crippen molar-refractivity contribution in [3.05, 3.63) is 29.8 Å². The van der Waals surface area contributed by atoms with E-state index in [4.69, 9.17) is 5.11 Å². The number of nitrogens with one attached hydrogen (secondary N) is 1. The molecular weight excluding hydrogens is 231 g/mol. The van der Waals surface area contributed by atoms with Crippen molar-refractivity contribution >= 4 is 5.69 Å². The van der Waals surface area contributed by atoms with Crippen molar-refractivity contribution in [2.45, 2.75) is 32.0 Å². The van der Waals surface area contributed by atoms with Gasteiger partial charge in [0.25, 0.3) is 0 Å². The second-order valence-corrected chi connectivity index (χ2v) is 4.53. The smallest absolute Gasteiger partial charge is 0.396 e. The number of hydrogen-bond donors (Lipinski definition) is 2. The van der Waals surface area contributed by atoms with Crippen molar-refractivity contribution in [2.24, 2.45) is 0 Å². The third-order valence-corrected chi connectivity index (χ3v) is 2.44. The van der Waals surface area contributed by atoms with Crippen LogP contribution in [0.4, 0.5) is 18.9 Å². The first kappa shape index (κ1) is 13.8. The van der Waals surface area contributed by atoms with Crippen LogP contribution in [0.15, 0.2) is 24.3 Å². The molecule has 96 valence electrons. The maximum absolute atomic E-state index is 12.7. The number of halogens is 3. The third-order valence-electron chi connectivity index (χ3n) is 2.44. The van der Waals surface area contributed by atoms with Crippen LogP contribution in [-0.4, -0.2) is 17.3 Å². The maximum atomic E-state index is 12.7. The minimum atomic E-state index is -4.38. The van der Waals surface area contributed by atoms with Gasteiger partial charge < -0.3 is 10.4 Å². The van der Waals surface area contributed by atoms with Crippen LogP contribution in [0.2, 0.25) is 0 Å². The fourth-order valence-electron chi connectivity index (χ4n) is 1.55. The molecule has 0 fully saturated rings. The van der Waals surface area contributed by atoms with Crippen molar-refractivity contribution in [2.75, 3.05) is 11.9 Å². The van der Waals surface area contributed by atoms with Crippen LogP contribution < -0.4 is 5.32 Å². The lowest BCUT2D eigenvalue weighted by Gasteiger charge is -2.28. The highest BCUT2D eigenvalue weighted by molar-refractivity contribution is 5.54. The molecule has 17 heavy (non-hydrogen) atoms.